The fraction of sp³-hybridized carbons (Fsp3) is 0.214. The molecule has 3 nitrogen and oxygen atoms in total. The van der Waals surface area contributed by atoms with Crippen LogP contribution in [0.1, 0.15) is 27.4 Å². The molecule has 0 radical (unpaired) electrons. The molecule has 0 aliphatic carbocycles. The average Bonchev–Trinajstić information content (AvgIpc) is 2.66. The molecule has 0 spiro atoms. The third-order valence-electron chi connectivity index (χ3n) is 2.64. The van der Waals surface area contributed by atoms with E-state index in [2.05, 4.69) is 4.74 Å². The van der Waals surface area contributed by atoms with Gasteiger partial charge in [0.15, 0.2) is 5.78 Å². The minimum Gasteiger partial charge on any atom is -0.466 e. The number of benzene rings is 1. The quantitative estimate of drug-likeness (QED) is 0.799. The second kappa shape index (κ2) is 5.03. The number of carbonyl (C=O) groups excluding carboxylic acids is 1. The van der Waals surface area contributed by atoms with Gasteiger partial charge in [-0.2, -0.15) is 0 Å². The molecule has 0 saturated heterocycles. The van der Waals surface area contributed by atoms with Crippen LogP contribution in [0.25, 0.3) is 0 Å². The maximum Gasteiger partial charge on any atom is 0.573 e. The number of aryl methyl sites for hydroxylation is 2. The summed E-state index contributed by atoms with van der Waals surface area (Å²) in [5.41, 5.74) is 0.662. The van der Waals surface area contributed by atoms with E-state index in [9.17, 15) is 18.0 Å². The van der Waals surface area contributed by atoms with Crippen molar-refractivity contribution in [2.45, 2.75) is 20.2 Å². The van der Waals surface area contributed by atoms with E-state index >= 15 is 0 Å². The van der Waals surface area contributed by atoms with Gasteiger partial charge in [0.1, 0.15) is 17.3 Å². The van der Waals surface area contributed by atoms with Crippen LogP contribution >= 0.6 is 0 Å². The second-order valence-electron chi connectivity index (χ2n) is 4.23. The van der Waals surface area contributed by atoms with Gasteiger partial charge < -0.3 is 9.15 Å². The normalized spacial score (nSPS) is 11.4. The lowest BCUT2D eigenvalue weighted by Crippen LogP contribution is -2.17. The Morgan fingerprint density at radius 2 is 1.75 bits per heavy atom. The zero-order chi connectivity index (χ0) is 14.9. The van der Waals surface area contributed by atoms with Gasteiger partial charge in [0.2, 0.25) is 0 Å². The van der Waals surface area contributed by atoms with Crippen molar-refractivity contribution < 1.29 is 27.1 Å². The minimum atomic E-state index is -4.75. The summed E-state index contributed by atoms with van der Waals surface area (Å²) in [7, 11) is 0. The molecule has 0 aliphatic rings. The van der Waals surface area contributed by atoms with Gasteiger partial charge in [0, 0.05) is 5.56 Å². The first-order valence-corrected chi connectivity index (χ1v) is 5.74. The van der Waals surface area contributed by atoms with Crippen molar-refractivity contribution >= 4 is 5.78 Å². The van der Waals surface area contributed by atoms with E-state index < -0.39 is 6.36 Å². The Balaban J connectivity index is 2.22. The molecule has 0 saturated carbocycles. The minimum absolute atomic E-state index is 0.267. The van der Waals surface area contributed by atoms with E-state index in [1.165, 1.54) is 12.1 Å². The number of hydrogen-bond donors (Lipinski definition) is 0. The Morgan fingerprint density at radius 3 is 2.20 bits per heavy atom. The van der Waals surface area contributed by atoms with Crippen LogP contribution in [0, 0.1) is 13.8 Å². The number of carbonyl (C=O) groups is 1. The average molecular weight is 284 g/mol. The third kappa shape index (κ3) is 3.20. The number of ether oxygens (including phenoxy) is 1. The topological polar surface area (TPSA) is 39.4 Å². The van der Waals surface area contributed by atoms with Gasteiger partial charge >= 0.3 is 6.36 Å². The summed E-state index contributed by atoms with van der Waals surface area (Å²) in [5, 5.41) is 0. The van der Waals surface area contributed by atoms with Crippen LogP contribution in [0.3, 0.4) is 0 Å². The second-order valence-corrected chi connectivity index (χ2v) is 4.23. The summed E-state index contributed by atoms with van der Waals surface area (Å²) in [4.78, 5) is 12.2. The lowest BCUT2D eigenvalue weighted by molar-refractivity contribution is -0.274. The molecule has 106 valence electrons. The molecule has 2 rings (SSSR count). The van der Waals surface area contributed by atoms with E-state index in [0.29, 0.717) is 17.1 Å². The van der Waals surface area contributed by atoms with Gasteiger partial charge in [-0.05, 0) is 44.2 Å². The van der Waals surface area contributed by atoms with Gasteiger partial charge in [-0.15, -0.1) is 13.2 Å². The fourth-order valence-electron chi connectivity index (χ4n) is 1.82. The van der Waals surface area contributed by atoms with E-state index in [4.69, 9.17) is 4.42 Å². The van der Waals surface area contributed by atoms with Gasteiger partial charge in [-0.1, -0.05) is 0 Å². The first-order valence-electron chi connectivity index (χ1n) is 5.74. The Kier molecular flexibility index (Phi) is 3.57. The molecular formula is C14H11F3O3. The molecule has 1 heterocycles. The Bertz CT molecular complexity index is 624. The number of alkyl halides is 3. The molecule has 20 heavy (non-hydrogen) atoms. The molecule has 0 fully saturated rings. The monoisotopic (exact) mass is 284 g/mol. The van der Waals surface area contributed by atoms with E-state index in [0.717, 1.165) is 12.1 Å². The largest absolute Gasteiger partial charge is 0.573 e. The van der Waals surface area contributed by atoms with Crippen LogP contribution in [0.5, 0.6) is 5.75 Å². The van der Waals surface area contributed by atoms with Crippen molar-refractivity contribution in [3.63, 3.8) is 0 Å². The Morgan fingerprint density at radius 1 is 1.15 bits per heavy atom. The number of hydrogen-bond acceptors (Lipinski definition) is 3. The molecule has 1 aromatic heterocycles. The summed E-state index contributed by atoms with van der Waals surface area (Å²) in [6, 6.07) is 6.36. The first-order chi connectivity index (χ1) is 9.26. The molecule has 2 aromatic rings. The summed E-state index contributed by atoms with van der Waals surface area (Å²) in [5.74, 6) is 0.401. The first kappa shape index (κ1) is 14.2. The number of rotatable bonds is 3. The lowest BCUT2D eigenvalue weighted by Gasteiger charge is -2.08. The van der Waals surface area contributed by atoms with Crippen molar-refractivity contribution in [2.75, 3.05) is 0 Å². The van der Waals surface area contributed by atoms with Crippen molar-refractivity contribution in [1.29, 1.82) is 0 Å². The van der Waals surface area contributed by atoms with Crippen molar-refractivity contribution in [2.24, 2.45) is 0 Å². The summed E-state index contributed by atoms with van der Waals surface area (Å²) < 4.78 is 45.1. The molecule has 1 aromatic carbocycles. The number of furan rings is 1. The van der Waals surface area contributed by atoms with E-state index in [-0.39, 0.29) is 17.1 Å². The Labute approximate surface area is 113 Å². The maximum absolute atomic E-state index is 12.2. The van der Waals surface area contributed by atoms with E-state index in [1.54, 1.807) is 19.9 Å². The smallest absolute Gasteiger partial charge is 0.466 e. The fourth-order valence-corrected chi connectivity index (χ4v) is 1.82. The third-order valence-corrected chi connectivity index (χ3v) is 2.64. The molecule has 0 amide bonds. The van der Waals surface area contributed by atoms with Crippen LogP contribution in [-0.4, -0.2) is 12.1 Å². The van der Waals surface area contributed by atoms with Gasteiger partial charge in [-0.25, -0.2) is 0 Å². The van der Waals surface area contributed by atoms with Crippen LogP contribution in [-0.2, 0) is 0 Å². The van der Waals surface area contributed by atoms with Gasteiger partial charge in [0.05, 0.1) is 5.56 Å². The molecule has 0 atom stereocenters. The number of ketones is 1. The SMILES string of the molecule is Cc1cc(C(=O)c2ccc(OC(F)(F)F)cc2)c(C)o1. The summed E-state index contributed by atoms with van der Waals surface area (Å²) in [6.45, 7) is 3.37. The molecule has 0 bridgehead atoms. The highest BCUT2D eigenvalue weighted by atomic mass is 19.4. The highest BCUT2D eigenvalue weighted by Gasteiger charge is 2.31. The standard InChI is InChI=1S/C14H11F3O3/c1-8-7-12(9(2)19-8)13(18)10-3-5-11(6-4-10)20-14(15,16)17/h3-7H,1-2H3. The van der Waals surface area contributed by atoms with Crippen LogP contribution in [0.4, 0.5) is 13.2 Å². The zero-order valence-electron chi connectivity index (χ0n) is 10.7. The van der Waals surface area contributed by atoms with Crippen LogP contribution in [0.15, 0.2) is 34.7 Å². The molecule has 0 N–H and O–H groups in total. The highest BCUT2D eigenvalue weighted by molar-refractivity contribution is 6.09. The number of halogens is 3. The van der Waals surface area contributed by atoms with Crippen LogP contribution in [0.2, 0.25) is 0 Å². The predicted molar refractivity (Wildman–Crippen MR) is 64.7 cm³/mol. The van der Waals surface area contributed by atoms with Gasteiger partial charge in [0.25, 0.3) is 0 Å². The van der Waals surface area contributed by atoms with Crippen molar-refractivity contribution in [1.82, 2.24) is 0 Å². The van der Waals surface area contributed by atoms with Crippen molar-refractivity contribution in [3.8, 4) is 5.75 Å². The lowest BCUT2D eigenvalue weighted by atomic mass is 10.0. The molecule has 0 aliphatic heterocycles. The predicted octanol–water partition coefficient (Wildman–Crippen LogP) is 4.03. The zero-order valence-corrected chi connectivity index (χ0v) is 10.7. The molecule has 0 unspecified atom stereocenters. The maximum atomic E-state index is 12.2. The summed E-state index contributed by atoms with van der Waals surface area (Å²) >= 11 is 0. The van der Waals surface area contributed by atoms with Crippen molar-refractivity contribution in [3.05, 3.63) is 53.0 Å². The molecular weight excluding hydrogens is 273 g/mol. The van der Waals surface area contributed by atoms with E-state index in [1.807, 2.05) is 0 Å². The summed E-state index contributed by atoms with van der Waals surface area (Å²) in [6.07, 6.45) is -4.75. The van der Waals surface area contributed by atoms with Gasteiger partial charge in [-0.3, -0.25) is 4.79 Å². The highest BCUT2D eigenvalue weighted by Crippen LogP contribution is 2.24. The van der Waals surface area contributed by atoms with Crippen LogP contribution < -0.4 is 4.74 Å². The Hall–Kier alpha value is -2.24. The molecule has 6 heteroatoms.